The molecular weight excluding hydrogens is 220 g/mol. The summed E-state index contributed by atoms with van der Waals surface area (Å²) in [5.74, 6) is 0.00727. The molecule has 0 aliphatic carbocycles. The third kappa shape index (κ3) is 2.46. The Morgan fingerprint density at radius 1 is 1.53 bits per heavy atom. The smallest absolute Gasteiger partial charge is 0.250 e. The van der Waals surface area contributed by atoms with Gasteiger partial charge in [0.2, 0.25) is 5.91 Å². The first-order valence-electron chi connectivity index (χ1n) is 6.40. The third-order valence-corrected chi connectivity index (χ3v) is 3.67. The quantitative estimate of drug-likeness (QED) is 0.759. The Hall–Kier alpha value is -0.650. The fourth-order valence-corrected chi connectivity index (χ4v) is 2.86. The lowest BCUT2D eigenvalue weighted by atomic mass is 10.1. The van der Waals surface area contributed by atoms with E-state index in [1.54, 1.807) is 0 Å². The molecule has 2 aliphatic heterocycles. The van der Waals surface area contributed by atoms with Gasteiger partial charge in [0.25, 0.3) is 0 Å². The predicted molar refractivity (Wildman–Crippen MR) is 63.4 cm³/mol. The van der Waals surface area contributed by atoms with E-state index >= 15 is 0 Å². The van der Waals surface area contributed by atoms with Crippen LogP contribution in [-0.2, 0) is 9.53 Å². The second-order valence-electron chi connectivity index (χ2n) is 5.11. The zero-order valence-corrected chi connectivity index (χ0v) is 10.6. The fraction of sp³-hybridized carbons (Fsp3) is 0.917. The molecule has 0 aromatic rings. The van der Waals surface area contributed by atoms with Gasteiger partial charge in [0.1, 0.15) is 6.61 Å². The molecule has 2 unspecified atom stereocenters. The highest BCUT2D eigenvalue weighted by molar-refractivity contribution is 5.78. The topological polar surface area (TPSA) is 53.0 Å². The molecule has 1 amide bonds. The van der Waals surface area contributed by atoms with E-state index in [2.05, 4.69) is 18.7 Å². The van der Waals surface area contributed by atoms with Gasteiger partial charge in [-0.05, 0) is 26.7 Å². The average Bonchev–Trinajstić information content (AvgIpc) is 2.77. The van der Waals surface area contributed by atoms with Gasteiger partial charge in [-0.1, -0.05) is 0 Å². The van der Waals surface area contributed by atoms with E-state index in [0.29, 0.717) is 12.6 Å². The summed E-state index contributed by atoms with van der Waals surface area (Å²) in [6.45, 7) is 5.91. The van der Waals surface area contributed by atoms with Crippen molar-refractivity contribution in [2.45, 2.75) is 44.9 Å². The van der Waals surface area contributed by atoms with Crippen LogP contribution in [0.3, 0.4) is 0 Å². The maximum atomic E-state index is 12.0. The number of morpholine rings is 1. The minimum absolute atomic E-state index is 0.00727. The highest BCUT2D eigenvalue weighted by atomic mass is 16.5. The molecule has 5 heteroatoms. The van der Waals surface area contributed by atoms with Gasteiger partial charge in [-0.3, -0.25) is 9.69 Å². The van der Waals surface area contributed by atoms with Crippen LogP contribution in [0.2, 0.25) is 0 Å². The van der Waals surface area contributed by atoms with Crippen LogP contribution in [-0.4, -0.2) is 65.4 Å². The van der Waals surface area contributed by atoms with Crippen LogP contribution >= 0.6 is 0 Å². The maximum Gasteiger partial charge on any atom is 0.250 e. The largest absolute Gasteiger partial charge is 0.394 e. The lowest BCUT2D eigenvalue weighted by Crippen LogP contribution is -2.60. The van der Waals surface area contributed by atoms with E-state index in [0.717, 1.165) is 19.4 Å². The molecule has 0 aromatic heterocycles. The summed E-state index contributed by atoms with van der Waals surface area (Å²) < 4.78 is 5.20. The van der Waals surface area contributed by atoms with Gasteiger partial charge < -0.3 is 14.7 Å². The Kier molecular flexibility index (Phi) is 4.01. The van der Waals surface area contributed by atoms with Crippen LogP contribution in [0.1, 0.15) is 26.7 Å². The van der Waals surface area contributed by atoms with Gasteiger partial charge in [0, 0.05) is 12.6 Å². The summed E-state index contributed by atoms with van der Waals surface area (Å²) >= 11 is 0. The summed E-state index contributed by atoms with van der Waals surface area (Å²) in [7, 11) is 0. The van der Waals surface area contributed by atoms with Crippen LogP contribution in [0, 0.1) is 0 Å². The first-order chi connectivity index (χ1) is 8.15. The molecule has 2 atom stereocenters. The number of aliphatic hydroxyl groups is 1. The number of carbonyl (C=O) groups is 1. The molecule has 2 rings (SSSR count). The van der Waals surface area contributed by atoms with Crippen molar-refractivity contribution in [3.8, 4) is 0 Å². The lowest BCUT2D eigenvalue weighted by molar-refractivity contribution is -0.160. The summed E-state index contributed by atoms with van der Waals surface area (Å²) in [6, 6.07) is 0.248. The minimum atomic E-state index is -0.180. The normalized spacial score (nSPS) is 31.5. The molecule has 1 N–H and O–H groups in total. The van der Waals surface area contributed by atoms with Crippen molar-refractivity contribution in [2.24, 2.45) is 0 Å². The maximum absolute atomic E-state index is 12.0. The Balaban J connectivity index is 2.14. The lowest BCUT2D eigenvalue weighted by Gasteiger charge is -2.43. The number of amides is 1. The predicted octanol–water partition coefficient (Wildman–Crippen LogP) is 0.0364. The summed E-state index contributed by atoms with van der Waals surface area (Å²) in [5.41, 5.74) is 0. The van der Waals surface area contributed by atoms with Crippen LogP contribution < -0.4 is 0 Å². The molecular formula is C12H22N2O3. The van der Waals surface area contributed by atoms with Gasteiger partial charge >= 0.3 is 0 Å². The number of aliphatic hydroxyl groups excluding tert-OH is 1. The number of rotatable bonds is 3. The number of hydrogen-bond acceptors (Lipinski definition) is 4. The van der Waals surface area contributed by atoms with Crippen molar-refractivity contribution in [3.05, 3.63) is 0 Å². The third-order valence-electron chi connectivity index (χ3n) is 3.67. The summed E-state index contributed by atoms with van der Waals surface area (Å²) in [6.07, 6.45) is 2.26. The highest BCUT2D eigenvalue weighted by Crippen LogP contribution is 2.26. The number of ether oxygens (including phenoxy) is 1. The van der Waals surface area contributed by atoms with E-state index in [-0.39, 0.29) is 31.3 Å². The molecule has 0 spiro atoms. The molecule has 0 aromatic carbocycles. The van der Waals surface area contributed by atoms with Crippen LogP contribution in [0.5, 0.6) is 0 Å². The first-order valence-corrected chi connectivity index (χ1v) is 6.40. The molecule has 2 saturated heterocycles. The SMILES string of the molecule is CC(C)N1CCCC1N1C(=O)COCC1CO. The fourth-order valence-electron chi connectivity index (χ4n) is 2.86. The zero-order valence-electron chi connectivity index (χ0n) is 10.6. The van der Waals surface area contributed by atoms with Gasteiger partial charge in [0.15, 0.2) is 0 Å². The Bertz CT molecular complexity index is 283. The molecule has 2 aliphatic rings. The Morgan fingerprint density at radius 2 is 2.29 bits per heavy atom. The Labute approximate surface area is 102 Å². The van der Waals surface area contributed by atoms with Crippen molar-refractivity contribution in [3.63, 3.8) is 0 Å². The average molecular weight is 242 g/mol. The van der Waals surface area contributed by atoms with Crippen molar-refractivity contribution < 1.29 is 14.6 Å². The molecule has 17 heavy (non-hydrogen) atoms. The van der Waals surface area contributed by atoms with Gasteiger partial charge in [-0.25, -0.2) is 0 Å². The molecule has 0 saturated carbocycles. The minimum Gasteiger partial charge on any atom is -0.394 e. The zero-order chi connectivity index (χ0) is 12.4. The van der Waals surface area contributed by atoms with Crippen molar-refractivity contribution in [1.29, 1.82) is 0 Å². The molecule has 0 radical (unpaired) electrons. The molecule has 2 fully saturated rings. The van der Waals surface area contributed by atoms with Gasteiger partial charge in [-0.2, -0.15) is 0 Å². The number of hydrogen-bond donors (Lipinski definition) is 1. The van der Waals surface area contributed by atoms with Crippen LogP contribution in [0.15, 0.2) is 0 Å². The van der Waals surface area contributed by atoms with E-state index in [9.17, 15) is 9.90 Å². The number of carbonyl (C=O) groups excluding carboxylic acids is 1. The van der Waals surface area contributed by atoms with Gasteiger partial charge in [-0.15, -0.1) is 0 Å². The molecule has 2 heterocycles. The monoisotopic (exact) mass is 242 g/mol. The van der Waals surface area contributed by atoms with E-state index < -0.39 is 0 Å². The van der Waals surface area contributed by atoms with E-state index in [1.165, 1.54) is 0 Å². The van der Waals surface area contributed by atoms with Crippen molar-refractivity contribution in [2.75, 3.05) is 26.4 Å². The van der Waals surface area contributed by atoms with Crippen LogP contribution in [0.4, 0.5) is 0 Å². The number of nitrogens with zero attached hydrogens (tertiary/aromatic N) is 2. The van der Waals surface area contributed by atoms with E-state index in [1.807, 2.05) is 4.90 Å². The second kappa shape index (κ2) is 5.33. The second-order valence-corrected chi connectivity index (χ2v) is 5.11. The molecule has 0 bridgehead atoms. The standard InChI is InChI=1S/C12H22N2O3/c1-9(2)13-5-3-4-11(13)14-10(6-15)7-17-8-12(14)16/h9-11,15H,3-8H2,1-2H3. The first kappa shape index (κ1) is 12.8. The molecule has 5 nitrogen and oxygen atoms in total. The Morgan fingerprint density at radius 3 is 2.94 bits per heavy atom. The molecule has 98 valence electrons. The number of likely N-dealkylation sites (tertiary alicyclic amines) is 1. The van der Waals surface area contributed by atoms with Crippen molar-refractivity contribution >= 4 is 5.91 Å². The van der Waals surface area contributed by atoms with Crippen molar-refractivity contribution in [1.82, 2.24) is 9.80 Å². The summed E-state index contributed by atoms with van der Waals surface area (Å²) in [4.78, 5) is 16.2. The van der Waals surface area contributed by atoms with E-state index in [4.69, 9.17) is 4.74 Å². The van der Waals surface area contributed by atoms with Crippen LogP contribution in [0.25, 0.3) is 0 Å². The summed E-state index contributed by atoms with van der Waals surface area (Å²) in [5, 5.41) is 9.37. The van der Waals surface area contributed by atoms with Gasteiger partial charge in [0.05, 0.1) is 25.4 Å². The highest BCUT2D eigenvalue weighted by Gasteiger charge is 2.39.